The maximum atomic E-state index is 11.7. The zero-order valence-corrected chi connectivity index (χ0v) is 11.6. The van der Waals surface area contributed by atoms with Gasteiger partial charge in [-0.15, -0.1) is 0 Å². The summed E-state index contributed by atoms with van der Waals surface area (Å²) in [6.07, 6.45) is 0.282. The van der Waals surface area contributed by atoms with Crippen LogP contribution in [0.1, 0.15) is 36.7 Å². The Labute approximate surface area is 113 Å². The van der Waals surface area contributed by atoms with Gasteiger partial charge >= 0.3 is 5.97 Å². The van der Waals surface area contributed by atoms with E-state index in [-0.39, 0.29) is 17.9 Å². The summed E-state index contributed by atoms with van der Waals surface area (Å²) < 4.78 is 0. The van der Waals surface area contributed by atoms with Crippen molar-refractivity contribution in [2.45, 2.75) is 27.2 Å². The highest BCUT2D eigenvalue weighted by Gasteiger charge is 2.10. The minimum absolute atomic E-state index is 0.0319. The van der Waals surface area contributed by atoms with Crippen molar-refractivity contribution >= 4 is 11.9 Å². The number of carboxylic acids is 1. The molecule has 1 aromatic rings. The lowest BCUT2D eigenvalue weighted by molar-refractivity contribution is -0.120. The van der Waals surface area contributed by atoms with Gasteiger partial charge in [0.05, 0.1) is 12.0 Å². The van der Waals surface area contributed by atoms with Gasteiger partial charge in [-0.05, 0) is 29.5 Å². The van der Waals surface area contributed by atoms with Crippen molar-refractivity contribution in [3.05, 3.63) is 35.4 Å². The summed E-state index contributed by atoms with van der Waals surface area (Å²) >= 11 is 0. The Morgan fingerprint density at radius 1 is 1.16 bits per heavy atom. The largest absolute Gasteiger partial charge is 0.478 e. The fourth-order valence-electron chi connectivity index (χ4n) is 1.52. The smallest absolute Gasteiger partial charge is 0.335 e. The Kier molecular flexibility index (Phi) is 5.55. The van der Waals surface area contributed by atoms with Gasteiger partial charge in [0.2, 0.25) is 5.91 Å². The Morgan fingerprint density at radius 3 is 2.21 bits per heavy atom. The van der Waals surface area contributed by atoms with Crippen LogP contribution in [0.3, 0.4) is 0 Å². The van der Waals surface area contributed by atoms with Gasteiger partial charge in [0.25, 0.3) is 0 Å². The molecule has 0 heterocycles. The molecule has 0 spiro atoms. The molecule has 1 atom stereocenters. The minimum atomic E-state index is -0.957. The van der Waals surface area contributed by atoms with E-state index in [1.165, 1.54) is 12.1 Å². The van der Waals surface area contributed by atoms with Crippen LogP contribution in [-0.4, -0.2) is 23.5 Å². The topological polar surface area (TPSA) is 66.4 Å². The second-order valence-electron chi connectivity index (χ2n) is 5.20. The number of nitrogens with one attached hydrogen (secondary N) is 1. The third kappa shape index (κ3) is 5.12. The summed E-state index contributed by atoms with van der Waals surface area (Å²) in [5, 5.41) is 11.7. The molecule has 0 bridgehead atoms. The molecule has 0 aromatic heterocycles. The lowest BCUT2D eigenvalue weighted by atomic mass is 9.98. The Balaban J connectivity index is 2.46. The van der Waals surface area contributed by atoms with E-state index in [9.17, 15) is 9.59 Å². The van der Waals surface area contributed by atoms with Gasteiger partial charge in [0.1, 0.15) is 0 Å². The Morgan fingerprint density at radius 2 is 1.74 bits per heavy atom. The molecule has 0 aliphatic heterocycles. The molecule has 1 aromatic carbocycles. The SMILES string of the molecule is CC(C)C(C)CNC(=O)Cc1ccc(C(=O)O)cc1. The van der Waals surface area contributed by atoms with Gasteiger partial charge < -0.3 is 10.4 Å². The molecule has 0 aliphatic carbocycles. The average molecular weight is 263 g/mol. The quantitative estimate of drug-likeness (QED) is 0.827. The van der Waals surface area contributed by atoms with Crippen molar-refractivity contribution in [1.82, 2.24) is 5.32 Å². The Hall–Kier alpha value is -1.84. The highest BCUT2D eigenvalue weighted by atomic mass is 16.4. The first-order chi connectivity index (χ1) is 8.90. The van der Waals surface area contributed by atoms with Crippen molar-refractivity contribution in [3.8, 4) is 0 Å². The molecule has 0 saturated heterocycles. The fraction of sp³-hybridized carbons (Fsp3) is 0.467. The van der Waals surface area contributed by atoms with Crippen LogP contribution in [0.5, 0.6) is 0 Å². The molecule has 1 unspecified atom stereocenters. The number of hydrogen-bond donors (Lipinski definition) is 2. The van der Waals surface area contributed by atoms with Crippen LogP contribution < -0.4 is 5.32 Å². The first-order valence-electron chi connectivity index (χ1n) is 6.49. The van der Waals surface area contributed by atoms with Gasteiger partial charge in [0, 0.05) is 6.54 Å². The molecule has 19 heavy (non-hydrogen) atoms. The number of carbonyl (C=O) groups excluding carboxylic acids is 1. The molecule has 4 nitrogen and oxygen atoms in total. The number of carboxylic acid groups (broad SMARTS) is 1. The second-order valence-corrected chi connectivity index (χ2v) is 5.20. The molecule has 104 valence electrons. The van der Waals surface area contributed by atoms with Gasteiger partial charge in [0.15, 0.2) is 0 Å². The van der Waals surface area contributed by atoms with Crippen LogP contribution in [0.4, 0.5) is 0 Å². The van der Waals surface area contributed by atoms with E-state index in [0.717, 1.165) is 5.56 Å². The van der Waals surface area contributed by atoms with Crippen molar-refractivity contribution in [2.75, 3.05) is 6.54 Å². The molecule has 0 fully saturated rings. The molecular formula is C15H21NO3. The van der Waals surface area contributed by atoms with Gasteiger partial charge in [-0.3, -0.25) is 4.79 Å². The van der Waals surface area contributed by atoms with Crippen LogP contribution in [-0.2, 0) is 11.2 Å². The van der Waals surface area contributed by atoms with Crippen LogP contribution in [0.2, 0.25) is 0 Å². The van der Waals surface area contributed by atoms with Crippen LogP contribution in [0.25, 0.3) is 0 Å². The van der Waals surface area contributed by atoms with Crippen LogP contribution in [0.15, 0.2) is 24.3 Å². The summed E-state index contributed by atoms with van der Waals surface area (Å²) in [5.74, 6) is -0.00850. The third-order valence-electron chi connectivity index (χ3n) is 3.32. The van der Waals surface area contributed by atoms with E-state index in [2.05, 4.69) is 26.1 Å². The molecule has 1 rings (SSSR count). The molecule has 0 radical (unpaired) electrons. The first kappa shape index (κ1) is 15.2. The molecule has 0 aliphatic rings. The number of amides is 1. The second kappa shape index (κ2) is 6.92. The van der Waals surface area contributed by atoms with Crippen molar-refractivity contribution < 1.29 is 14.7 Å². The van der Waals surface area contributed by atoms with Gasteiger partial charge in [-0.1, -0.05) is 32.9 Å². The molecule has 1 amide bonds. The predicted octanol–water partition coefficient (Wildman–Crippen LogP) is 2.34. The summed E-state index contributed by atoms with van der Waals surface area (Å²) in [4.78, 5) is 22.4. The third-order valence-corrected chi connectivity index (χ3v) is 3.32. The number of benzene rings is 1. The monoisotopic (exact) mass is 263 g/mol. The summed E-state index contributed by atoms with van der Waals surface area (Å²) in [6, 6.07) is 6.38. The first-order valence-corrected chi connectivity index (χ1v) is 6.49. The summed E-state index contributed by atoms with van der Waals surface area (Å²) in [5.41, 5.74) is 1.05. The Bertz CT molecular complexity index is 437. The van der Waals surface area contributed by atoms with Crippen molar-refractivity contribution in [3.63, 3.8) is 0 Å². The highest BCUT2D eigenvalue weighted by molar-refractivity contribution is 5.87. The predicted molar refractivity (Wildman–Crippen MR) is 74.1 cm³/mol. The van der Waals surface area contributed by atoms with Crippen LogP contribution >= 0.6 is 0 Å². The summed E-state index contributed by atoms with van der Waals surface area (Å²) in [7, 11) is 0. The van der Waals surface area contributed by atoms with E-state index < -0.39 is 5.97 Å². The molecule has 0 saturated carbocycles. The average Bonchev–Trinajstić information content (AvgIpc) is 2.36. The van der Waals surface area contributed by atoms with Crippen molar-refractivity contribution in [1.29, 1.82) is 0 Å². The maximum Gasteiger partial charge on any atom is 0.335 e. The van der Waals surface area contributed by atoms with Crippen LogP contribution in [0, 0.1) is 11.8 Å². The highest BCUT2D eigenvalue weighted by Crippen LogP contribution is 2.08. The zero-order chi connectivity index (χ0) is 14.4. The van der Waals surface area contributed by atoms with E-state index >= 15 is 0 Å². The standard InChI is InChI=1S/C15H21NO3/c1-10(2)11(3)9-16-14(17)8-12-4-6-13(7-5-12)15(18)19/h4-7,10-11H,8-9H2,1-3H3,(H,16,17)(H,18,19). The van der Waals surface area contributed by atoms with Gasteiger partial charge in [-0.2, -0.15) is 0 Å². The fourth-order valence-corrected chi connectivity index (χ4v) is 1.52. The zero-order valence-electron chi connectivity index (χ0n) is 11.6. The normalized spacial score (nSPS) is 12.2. The number of aromatic carboxylic acids is 1. The lowest BCUT2D eigenvalue weighted by Gasteiger charge is -2.16. The van der Waals surface area contributed by atoms with Gasteiger partial charge in [-0.25, -0.2) is 4.79 Å². The minimum Gasteiger partial charge on any atom is -0.478 e. The van der Waals surface area contributed by atoms with E-state index in [1.807, 2.05) is 0 Å². The molecule has 2 N–H and O–H groups in total. The molecular weight excluding hydrogens is 242 g/mol. The maximum absolute atomic E-state index is 11.7. The number of rotatable bonds is 6. The van der Waals surface area contributed by atoms with Crippen molar-refractivity contribution in [2.24, 2.45) is 11.8 Å². The van der Waals surface area contributed by atoms with E-state index in [0.29, 0.717) is 18.4 Å². The number of carbonyl (C=O) groups is 2. The summed E-state index contributed by atoms with van der Waals surface area (Å²) in [6.45, 7) is 7.03. The number of hydrogen-bond acceptors (Lipinski definition) is 2. The lowest BCUT2D eigenvalue weighted by Crippen LogP contribution is -2.31. The van der Waals surface area contributed by atoms with E-state index in [1.54, 1.807) is 12.1 Å². The van der Waals surface area contributed by atoms with E-state index in [4.69, 9.17) is 5.11 Å². The molecule has 4 heteroatoms.